The molecule has 0 saturated heterocycles. The second-order valence-corrected chi connectivity index (χ2v) is 5.78. The van der Waals surface area contributed by atoms with Crippen molar-refractivity contribution in [2.24, 2.45) is 0 Å². The summed E-state index contributed by atoms with van der Waals surface area (Å²) in [5, 5.41) is 0.638. The molecule has 0 N–H and O–H groups in total. The molecule has 0 radical (unpaired) electrons. The van der Waals surface area contributed by atoms with Gasteiger partial charge in [-0.05, 0) is 72.0 Å². The summed E-state index contributed by atoms with van der Waals surface area (Å²) in [6, 6.07) is 11.5. The molecule has 0 aliphatic carbocycles. The zero-order chi connectivity index (χ0) is 14.3. The average Bonchev–Trinajstić information content (AvgIpc) is 2.76. The molecule has 2 nitrogen and oxygen atoms in total. The molecule has 3 aromatic rings. The predicted octanol–water partition coefficient (Wildman–Crippen LogP) is 4.72. The molecule has 100 valence electrons. The Morgan fingerprint density at radius 1 is 1.15 bits per heavy atom. The molecule has 0 saturated carbocycles. The van der Waals surface area contributed by atoms with Gasteiger partial charge >= 0.3 is 0 Å². The van der Waals surface area contributed by atoms with Gasteiger partial charge in [-0.2, -0.15) is 0 Å². The van der Waals surface area contributed by atoms with Crippen molar-refractivity contribution in [1.82, 2.24) is 0 Å². The molecule has 0 aliphatic heterocycles. The van der Waals surface area contributed by atoms with Gasteiger partial charge in [0, 0.05) is 20.1 Å². The predicted molar refractivity (Wildman–Crippen MR) is 83.5 cm³/mol. The van der Waals surface area contributed by atoms with Gasteiger partial charge in [0.2, 0.25) is 5.78 Å². The van der Waals surface area contributed by atoms with Gasteiger partial charge in [-0.15, -0.1) is 0 Å². The van der Waals surface area contributed by atoms with E-state index < -0.39 is 0 Å². The maximum Gasteiger partial charge on any atom is 0.228 e. The highest BCUT2D eigenvalue weighted by atomic mass is 127. The second kappa shape index (κ2) is 5.01. The number of hydrogen-bond acceptors (Lipinski definition) is 2. The van der Waals surface area contributed by atoms with Crippen LogP contribution in [0.5, 0.6) is 0 Å². The van der Waals surface area contributed by atoms with Gasteiger partial charge in [0.1, 0.15) is 11.4 Å². The van der Waals surface area contributed by atoms with Gasteiger partial charge in [0.05, 0.1) is 0 Å². The summed E-state index contributed by atoms with van der Waals surface area (Å²) >= 11 is 2.18. The highest BCUT2D eigenvalue weighted by Gasteiger charge is 2.19. The number of halogens is 2. The Morgan fingerprint density at radius 3 is 2.55 bits per heavy atom. The van der Waals surface area contributed by atoms with Crippen LogP contribution in [0, 0.1) is 16.3 Å². The summed E-state index contributed by atoms with van der Waals surface area (Å²) in [6.45, 7) is 1.77. The highest BCUT2D eigenvalue weighted by molar-refractivity contribution is 14.1. The molecule has 20 heavy (non-hydrogen) atoms. The molecule has 1 heterocycles. The molecule has 0 spiro atoms. The zero-order valence-electron chi connectivity index (χ0n) is 10.6. The van der Waals surface area contributed by atoms with Crippen LogP contribution in [0.3, 0.4) is 0 Å². The Balaban J connectivity index is 2.12. The largest absolute Gasteiger partial charge is 0.452 e. The first-order chi connectivity index (χ1) is 9.56. The third-order valence-corrected chi connectivity index (χ3v) is 3.93. The van der Waals surface area contributed by atoms with Crippen molar-refractivity contribution in [3.63, 3.8) is 0 Å². The van der Waals surface area contributed by atoms with Crippen LogP contribution < -0.4 is 0 Å². The number of furan rings is 1. The smallest absolute Gasteiger partial charge is 0.228 e. The number of rotatable bonds is 2. The van der Waals surface area contributed by atoms with Crippen molar-refractivity contribution >= 4 is 39.3 Å². The molecular formula is C16H10FIO2. The minimum atomic E-state index is -0.338. The first kappa shape index (κ1) is 13.3. The Kier molecular flexibility index (Phi) is 3.33. The zero-order valence-corrected chi connectivity index (χ0v) is 12.8. The van der Waals surface area contributed by atoms with E-state index in [0.717, 1.165) is 3.57 Å². The van der Waals surface area contributed by atoms with E-state index in [2.05, 4.69) is 22.6 Å². The standard InChI is InChI=1S/C16H10FIO2/c1-9-13-8-11(17)4-7-14(13)20-16(9)15(19)10-2-5-12(18)6-3-10/h2-8H,1H3. The van der Waals surface area contributed by atoms with Gasteiger partial charge in [-0.3, -0.25) is 4.79 Å². The number of carbonyl (C=O) groups is 1. The summed E-state index contributed by atoms with van der Waals surface area (Å²) in [6.07, 6.45) is 0. The van der Waals surface area contributed by atoms with Gasteiger partial charge in [-0.25, -0.2) is 4.39 Å². The van der Waals surface area contributed by atoms with Crippen LogP contribution >= 0.6 is 22.6 Å². The fraction of sp³-hybridized carbons (Fsp3) is 0.0625. The van der Waals surface area contributed by atoms with Gasteiger partial charge in [-0.1, -0.05) is 0 Å². The lowest BCUT2D eigenvalue weighted by molar-refractivity contribution is 0.101. The van der Waals surface area contributed by atoms with E-state index in [9.17, 15) is 9.18 Å². The van der Waals surface area contributed by atoms with Crippen molar-refractivity contribution in [3.05, 3.63) is 68.7 Å². The lowest BCUT2D eigenvalue weighted by atomic mass is 10.0. The Bertz CT molecular complexity index is 803. The van der Waals surface area contributed by atoms with Crippen LogP contribution in [0.15, 0.2) is 46.9 Å². The topological polar surface area (TPSA) is 30.2 Å². The van der Waals surface area contributed by atoms with Crippen molar-refractivity contribution in [3.8, 4) is 0 Å². The SMILES string of the molecule is Cc1c(C(=O)c2ccc(I)cc2)oc2ccc(F)cc12. The van der Waals surface area contributed by atoms with E-state index in [0.29, 0.717) is 22.1 Å². The molecule has 1 aromatic heterocycles. The molecule has 0 fully saturated rings. The number of carbonyl (C=O) groups excluding carboxylic acids is 1. The maximum absolute atomic E-state index is 13.3. The Morgan fingerprint density at radius 2 is 1.85 bits per heavy atom. The van der Waals surface area contributed by atoms with E-state index in [4.69, 9.17) is 4.42 Å². The fourth-order valence-electron chi connectivity index (χ4n) is 2.14. The fourth-order valence-corrected chi connectivity index (χ4v) is 2.50. The van der Waals surface area contributed by atoms with Crippen molar-refractivity contribution in [2.75, 3.05) is 0 Å². The van der Waals surface area contributed by atoms with E-state index in [-0.39, 0.29) is 17.4 Å². The summed E-state index contributed by atoms with van der Waals surface area (Å²) in [4.78, 5) is 12.4. The Labute approximate surface area is 128 Å². The average molecular weight is 380 g/mol. The minimum absolute atomic E-state index is 0.185. The van der Waals surface area contributed by atoms with E-state index in [1.165, 1.54) is 12.1 Å². The summed E-state index contributed by atoms with van der Waals surface area (Å²) in [7, 11) is 0. The normalized spacial score (nSPS) is 10.9. The third kappa shape index (κ3) is 2.24. The molecule has 0 bridgehead atoms. The molecule has 3 rings (SSSR count). The molecule has 0 amide bonds. The summed E-state index contributed by atoms with van der Waals surface area (Å²) < 4.78 is 19.9. The quantitative estimate of drug-likeness (QED) is 0.476. The van der Waals surface area contributed by atoms with Crippen LogP contribution in [-0.2, 0) is 0 Å². The first-order valence-electron chi connectivity index (χ1n) is 6.05. The van der Waals surface area contributed by atoms with Crippen LogP contribution in [-0.4, -0.2) is 5.78 Å². The minimum Gasteiger partial charge on any atom is -0.452 e. The van der Waals surface area contributed by atoms with Crippen molar-refractivity contribution in [2.45, 2.75) is 6.92 Å². The number of hydrogen-bond donors (Lipinski definition) is 0. The number of ketones is 1. The van der Waals surface area contributed by atoms with Crippen LogP contribution in [0.1, 0.15) is 21.7 Å². The molecular weight excluding hydrogens is 370 g/mol. The highest BCUT2D eigenvalue weighted by Crippen LogP contribution is 2.27. The summed E-state index contributed by atoms with van der Waals surface area (Å²) in [5.41, 5.74) is 1.76. The molecule has 4 heteroatoms. The van der Waals surface area contributed by atoms with E-state index in [1.54, 1.807) is 25.1 Å². The molecule has 0 unspecified atom stereocenters. The second-order valence-electron chi connectivity index (χ2n) is 4.53. The lowest BCUT2D eigenvalue weighted by Crippen LogP contribution is -2.01. The third-order valence-electron chi connectivity index (χ3n) is 3.21. The van der Waals surface area contributed by atoms with Crippen molar-refractivity contribution in [1.29, 1.82) is 0 Å². The maximum atomic E-state index is 13.3. The van der Waals surface area contributed by atoms with Gasteiger partial charge in [0.15, 0.2) is 5.76 Å². The number of benzene rings is 2. The monoisotopic (exact) mass is 380 g/mol. The molecule has 0 atom stereocenters. The lowest BCUT2D eigenvalue weighted by Gasteiger charge is -1.99. The van der Waals surface area contributed by atoms with E-state index >= 15 is 0 Å². The van der Waals surface area contributed by atoms with E-state index in [1.807, 2.05) is 12.1 Å². The van der Waals surface area contributed by atoms with Gasteiger partial charge in [0.25, 0.3) is 0 Å². The van der Waals surface area contributed by atoms with Crippen molar-refractivity contribution < 1.29 is 13.6 Å². The van der Waals surface area contributed by atoms with Gasteiger partial charge < -0.3 is 4.42 Å². The first-order valence-corrected chi connectivity index (χ1v) is 7.13. The van der Waals surface area contributed by atoms with Crippen LogP contribution in [0.25, 0.3) is 11.0 Å². The van der Waals surface area contributed by atoms with Crippen LogP contribution in [0.4, 0.5) is 4.39 Å². The summed E-state index contributed by atoms with van der Waals surface area (Å²) in [5.74, 6) is -0.253. The molecule has 0 aliphatic rings. The van der Waals surface area contributed by atoms with Crippen LogP contribution in [0.2, 0.25) is 0 Å². The molecule has 2 aromatic carbocycles. The number of fused-ring (bicyclic) bond motifs is 1. The number of aryl methyl sites for hydroxylation is 1. The Hall–Kier alpha value is -1.69.